The highest BCUT2D eigenvalue weighted by Crippen LogP contribution is 2.35. The molecule has 1 unspecified atom stereocenters. The molecule has 2 heterocycles. The van der Waals surface area contributed by atoms with Crippen LogP contribution in [0.2, 0.25) is 0 Å². The second kappa shape index (κ2) is 7.23. The molecule has 0 saturated carbocycles. The van der Waals surface area contributed by atoms with Crippen LogP contribution in [0.1, 0.15) is 41.5 Å². The number of aliphatic hydroxyl groups excluding tert-OH is 1. The van der Waals surface area contributed by atoms with Crippen molar-refractivity contribution in [2.24, 2.45) is 7.05 Å². The molecular formula is C18H25N5O2. The Labute approximate surface area is 147 Å². The van der Waals surface area contributed by atoms with Crippen LogP contribution in [0.25, 0.3) is 0 Å². The molecule has 2 aromatic heterocycles. The third-order valence-corrected chi connectivity index (χ3v) is 4.81. The molecule has 1 atom stereocenters. The summed E-state index contributed by atoms with van der Waals surface area (Å²) in [6.45, 7) is 6.64. The normalized spacial score (nSPS) is 16.5. The van der Waals surface area contributed by atoms with E-state index in [4.69, 9.17) is 0 Å². The van der Waals surface area contributed by atoms with Crippen molar-refractivity contribution in [3.8, 4) is 0 Å². The van der Waals surface area contributed by atoms with E-state index in [1.165, 1.54) is 6.08 Å². The van der Waals surface area contributed by atoms with Crippen molar-refractivity contribution in [3.05, 3.63) is 47.6 Å². The summed E-state index contributed by atoms with van der Waals surface area (Å²) in [5, 5.41) is 18.0. The zero-order valence-corrected chi connectivity index (χ0v) is 14.9. The van der Waals surface area contributed by atoms with Crippen molar-refractivity contribution in [1.82, 2.24) is 24.5 Å². The highest BCUT2D eigenvalue weighted by molar-refractivity contribution is 5.87. The van der Waals surface area contributed by atoms with Crippen LogP contribution in [0, 0.1) is 6.92 Å². The van der Waals surface area contributed by atoms with Gasteiger partial charge in [-0.15, -0.1) is 0 Å². The number of aromatic nitrogens is 4. The van der Waals surface area contributed by atoms with Crippen LogP contribution in [0.15, 0.2) is 24.9 Å². The number of nitrogens with zero attached hydrogens (tertiary/aromatic N) is 5. The van der Waals surface area contributed by atoms with Gasteiger partial charge in [-0.2, -0.15) is 10.2 Å². The lowest BCUT2D eigenvalue weighted by Gasteiger charge is -2.34. The van der Waals surface area contributed by atoms with Gasteiger partial charge in [0, 0.05) is 18.3 Å². The van der Waals surface area contributed by atoms with E-state index in [0.717, 1.165) is 41.9 Å². The molecule has 1 aliphatic carbocycles. The molecule has 0 saturated heterocycles. The summed E-state index contributed by atoms with van der Waals surface area (Å²) in [5.74, 6) is -0.0911. The van der Waals surface area contributed by atoms with Gasteiger partial charge in [0.1, 0.15) is 0 Å². The predicted molar refractivity (Wildman–Crippen MR) is 93.7 cm³/mol. The van der Waals surface area contributed by atoms with Crippen LogP contribution in [-0.4, -0.2) is 42.1 Å². The van der Waals surface area contributed by atoms with Crippen LogP contribution < -0.4 is 0 Å². The predicted octanol–water partition coefficient (Wildman–Crippen LogP) is 1.51. The third kappa shape index (κ3) is 3.37. The number of hydrogen-bond donors (Lipinski definition) is 1. The Bertz CT molecular complexity index is 777. The number of fused-ring (bicyclic) bond motifs is 1. The van der Waals surface area contributed by atoms with Crippen LogP contribution in [0.3, 0.4) is 0 Å². The maximum absolute atomic E-state index is 12.6. The molecule has 1 amide bonds. The first-order chi connectivity index (χ1) is 12.0. The molecule has 3 rings (SSSR count). The lowest BCUT2D eigenvalue weighted by atomic mass is 9.91. The Balaban J connectivity index is 1.94. The number of carbonyl (C=O) groups is 1. The Morgan fingerprint density at radius 3 is 3.00 bits per heavy atom. The first-order valence-corrected chi connectivity index (χ1v) is 8.63. The monoisotopic (exact) mass is 343 g/mol. The van der Waals surface area contributed by atoms with Gasteiger partial charge in [0.2, 0.25) is 5.91 Å². The summed E-state index contributed by atoms with van der Waals surface area (Å²) in [6, 6.07) is 1.97. The molecular weight excluding hydrogens is 318 g/mol. The Hall–Kier alpha value is -2.41. The van der Waals surface area contributed by atoms with Gasteiger partial charge in [-0.1, -0.05) is 6.58 Å². The summed E-state index contributed by atoms with van der Waals surface area (Å²) in [7, 11) is 1.89. The summed E-state index contributed by atoms with van der Waals surface area (Å²) in [5.41, 5.74) is 4.12. The van der Waals surface area contributed by atoms with Crippen molar-refractivity contribution < 1.29 is 9.90 Å². The van der Waals surface area contributed by atoms with Gasteiger partial charge in [-0.3, -0.25) is 14.2 Å². The number of hydrogen-bond acceptors (Lipinski definition) is 4. The van der Waals surface area contributed by atoms with Crippen LogP contribution >= 0.6 is 0 Å². The fraction of sp³-hybridized carbons (Fsp3) is 0.500. The Morgan fingerprint density at radius 1 is 1.56 bits per heavy atom. The van der Waals surface area contributed by atoms with E-state index in [1.54, 1.807) is 0 Å². The summed E-state index contributed by atoms with van der Waals surface area (Å²) in [6.07, 6.45) is 6.02. The van der Waals surface area contributed by atoms with E-state index >= 15 is 0 Å². The van der Waals surface area contributed by atoms with Gasteiger partial charge in [0.25, 0.3) is 0 Å². The quantitative estimate of drug-likeness (QED) is 0.807. The first-order valence-electron chi connectivity index (χ1n) is 8.63. The molecule has 0 aromatic carbocycles. The van der Waals surface area contributed by atoms with E-state index in [9.17, 15) is 9.90 Å². The zero-order chi connectivity index (χ0) is 18.0. The van der Waals surface area contributed by atoms with Crippen molar-refractivity contribution >= 4 is 5.91 Å². The molecule has 0 fully saturated rings. The van der Waals surface area contributed by atoms with Crippen LogP contribution in [0.5, 0.6) is 0 Å². The van der Waals surface area contributed by atoms with Crippen LogP contribution in [0.4, 0.5) is 0 Å². The molecule has 7 heteroatoms. The topological polar surface area (TPSA) is 76.2 Å². The lowest BCUT2D eigenvalue weighted by Crippen LogP contribution is -2.35. The molecule has 0 aliphatic heterocycles. The Morgan fingerprint density at radius 2 is 2.36 bits per heavy atom. The second-order valence-corrected chi connectivity index (χ2v) is 6.47. The molecule has 0 bridgehead atoms. The molecule has 2 aromatic rings. The van der Waals surface area contributed by atoms with Crippen LogP contribution in [-0.2, 0) is 31.4 Å². The summed E-state index contributed by atoms with van der Waals surface area (Å²) in [4.78, 5) is 14.4. The summed E-state index contributed by atoms with van der Waals surface area (Å²) >= 11 is 0. The minimum absolute atomic E-state index is 0.0306. The highest BCUT2D eigenvalue weighted by atomic mass is 16.3. The van der Waals surface area contributed by atoms with E-state index < -0.39 is 0 Å². The van der Waals surface area contributed by atoms with Crippen molar-refractivity contribution in [2.75, 3.05) is 6.61 Å². The third-order valence-electron chi connectivity index (χ3n) is 4.81. The van der Waals surface area contributed by atoms with Crippen molar-refractivity contribution in [1.29, 1.82) is 0 Å². The molecule has 0 spiro atoms. The number of carbonyl (C=O) groups excluding carboxylic acids is 1. The molecule has 1 aliphatic rings. The SMILES string of the molecule is C=CC(=O)N(Cc1cc(C)nn1C)C1CCCc2c1cnn2CCO. The van der Waals surface area contributed by atoms with Gasteiger partial charge in [0.05, 0.1) is 43.3 Å². The van der Waals surface area contributed by atoms with Gasteiger partial charge < -0.3 is 10.0 Å². The number of aliphatic hydroxyl groups is 1. The molecule has 0 radical (unpaired) electrons. The summed E-state index contributed by atoms with van der Waals surface area (Å²) < 4.78 is 3.67. The minimum Gasteiger partial charge on any atom is -0.394 e. The van der Waals surface area contributed by atoms with E-state index in [2.05, 4.69) is 16.8 Å². The van der Waals surface area contributed by atoms with Crippen molar-refractivity contribution in [3.63, 3.8) is 0 Å². The maximum atomic E-state index is 12.6. The average molecular weight is 343 g/mol. The van der Waals surface area contributed by atoms with Gasteiger partial charge in [-0.25, -0.2) is 0 Å². The molecule has 7 nitrogen and oxygen atoms in total. The fourth-order valence-electron chi connectivity index (χ4n) is 3.65. The van der Waals surface area contributed by atoms with E-state index in [1.807, 2.05) is 40.5 Å². The highest BCUT2D eigenvalue weighted by Gasteiger charge is 2.31. The molecule has 25 heavy (non-hydrogen) atoms. The van der Waals surface area contributed by atoms with Crippen molar-refractivity contribution in [2.45, 2.75) is 45.3 Å². The fourth-order valence-corrected chi connectivity index (χ4v) is 3.65. The number of amides is 1. The largest absolute Gasteiger partial charge is 0.394 e. The lowest BCUT2D eigenvalue weighted by molar-refractivity contribution is -0.129. The maximum Gasteiger partial charge on any atom is 0.246 e. The first kappa shape index (κ1) is 17.4. The molecule has 1 N–H and O–H groups in total. The van der Waals surface area contributed by atoms with Gasteiger partial charge in [-0.05, 0) is 38.3 Å². The average Bonchev–Trinajstić information content (AvgIpc) is 3.15. The minimum atomic E-state index is -0.0911. The number of rotatable bonds is 6. The van der Waals surface area contributed by atoms with E-state index in [-0.39, 0.29) is 18.6 Å². The van der Waals surface area contributed by atoms with Gasteiger partial charge in [0.15, 0.2) is 0 Å². The van der Waals surface area contributed by atoms with E-state index in [0.29, 0.717) is 13.1 Å². The molecule has 134 valence electrons. The Kier molecular flexibility index (Phi) is 5.03. The second-order valence-electron chi connectivity index (χ2n) is 6.47. The smallest absolute Gasteiger partial charge is 0.246 e. The standard InChI is InChI=1S/C18H25N5O2/c1-4-18(25)22(12-14-10-13(2)20-21(14)3)16-6-5-7-17-15(16)11-19-23(17)8-9-24/h4,10-11,16,24H,1,5-9,12H2,2-3H3. The number of aryl methyl sites for hydroxylation is 2. The van der Waals surface area contributed by atoms with Gasteiger partial charge >= 0.3 is 0 Å². The zero-order valence-electron chi connectivity index (χ0n) is 14.9.